The van der Waals surface area contributed by atoms with E-state index in [1.807, 2.05) is 24.5 Å². The Labute approximate surface area is 106 Å². The highest BCUT2D eigenvalue weighted by atomic mass is 35.5. The van der Waals surface area contributed by atoms with E-state index < -0.39 is 0 Å². The van der Waals surface area contributed by atoms with Crippen LogP contribution in [0, 0.1) is 0 Å². The maximum absolute atomic E-state index is 6.14. The van der Waals surface area contributed by atoms with Crippen LogP contribution in [0.3, 0.4) is 0 Å². The molecule has 1 aliphatic rings. The van der Waals surface area contributed by atoms with Crippen molar-refractivity contribution >= 4 is 17.1 Å². The summed E-state index contributed by atoms with van der Waals surface area (Å²) in [6, 6.07) is 4.43. The molecule has 1 aliphatic heterocycles. The average molecular weight is 250 g/mol. The molecule has 0 radical (unpaired) electrons. The van der Waals surface area contributed by atoms with E-state index in [0.717, 1.165) is 29.3 Å². The van der Waals surface area contributed by atoms with E-state index >= 15 is 0 Å². The molecule has 0 aliphatic carbocycles. The van der Waals surface area contributed by atoms with Crippen molar-refractivity contribution in [2.75, 3.05) is 6.54 Å². The largest absolute Gasteiger partial charge is 0.314 e. The summed E-state index contributed by atoms with van der Waals surface area (Å²) in [6.07, 6.45) is 8.74. The van der Waals surface area contributed by atoms with Gasteiger partial charge >= 0.3 is 0 Å². The lowest BCUT2D eigenvalue weighted by atomic mass is 10.0. The van der Waals surface area contributed by atoms with Gasteiger partial charge in [-0.2, -0.15) is 0 Å². The van der Waals surface area contributed by atoms with Crippen LogP contribution in [0.1, 0.15) is 25.1 Å². The number of imidazole rings is 1. The van der Waals surface area contributed by atoms with E-state index in [9.17, 15) is 0 Å². The molecule has 17 heavy (non-hydrogen) atoms. The van der Waals surface area contributed by atoms with E-state index in [2.05, 4.69) is 14.7 Å². The fourth-order valence-electron chi connectivity index (χ4n) is 2.51. The molecule has 1 unspecified atom stereocenters. The number of hydrogen-bond donors (Lipinski definition) is 1. The summed E-state index contributed by atoms with van der Waals surface area (Å²) >= 11 is 6.14. The molecule has 1 N–H and O–H groups in total. The number of piperidine rings is 1. The molecule has 0 amide bonds. The van der Waals surface area contributed by atoms with Gasteiger partial charge in [0.2, 0.25) is 0 Å². The predicted octanol–water partition coefficient (Wildman–Crippen LogP) is 2.67. The van der Waals surface area contributed by atoms with Crippen LogP contribution < -0.4 is 5.32 Å². The first-order chi connectivity index (χ1) is 8.34. The number of aromatic nitrogens is 2. The minimum atomic E-state index is 0.563. The number of nitrogens with zero attached hydrogens (tertiary/aromatic N) is 2. The van der Waals surface area contributed by atoms with E-state index in [1.54, 1.807) is 0 Å². The first-order valence-electron chi connectivity index (χ1n) is 6.18. The highest BCUT2D eigenvalue weighted by molar-refractivity contribution is 6.33. The third kappa shape index (κ3) is 2.17. The highest BCUT2D eigenvalue weighted by Gasteiger charge is 2.16. The molecule has 2 aromatic heterocycles. The SMILES string of the molecule is Clc1cccn2c(CC3CCCCN3)ncc12. The molecule has 3 nitrogen and oxygen atoms in total. The Morgan fingerprint density at radius 1 is 1.47 bits per heavy atom. The number of pyridine rings is 1. The lowest BCUT2D eigenvalue weighted by Gasteiger charge is -2.22. The monoisotopic (exact) mass is 249 g/mol. The molecule has 1 fully saturated rings. The first kappa shape index (κ1) is 11.1. The average Bonchev–Trinajstić information content (AvgIpc) is 2.76. The van der Waals surface area contributed by atoms with Gasteiger partial charge in [-0.25, -0.2) is 4.98 Å². The summed E-state index contributed by atoms with van der Waals surface area (Å²) in [4.78, 5) is 4.49. The zero-order valence-corrected chi connectivity index (χ0v) is 10.5. The molecule has 0 saturated carbocycles. The van der Waals surface area contributed by atoms with Gasteiger partial charge in [0.25, 0.3) is 0 Å². The smallest absolute Gasteiger partial charge is 0.114 e. The second-order valence-electron chi connectivity index (χ2n) is 4.64. The van der Waals surface area contributed by atoms with Crippen LogP contribution in [-0.2, 0) is 6.42 Å². The van der Waals surface area contributed by atoms with Crippen LogP contribution >= 0.6 is 11.6 Å². The molecule has 0 bridgehead atoms. The van der Waals surface area contributed by atoms with Gasteiger partial charge in [0.15, 0.2) is 0 Å². The summed E-state index contributed by atoms with van der Waals surface area (Å²) in [5.74, 6) is 1.10. The summed E-state index contributed by atoms with van der Waals surface area (Å²) in [5.41, 5.74) is 1.000. The zero-order valence-electron chi connectivity index (χ0n) is 9.69. The number of fused-ring (bicyclic) bond motifs is 1. The minimum absolute atomic E-state index is 0.563. The maximum atomic E-state index is 6.14. The molecule has 0 spiro atoms. The summed E-state index contributed by atoms with van der Waals surface area (Å²) in [5, 5.41) is 4.32. The second kappa shape index (κ2) is 4.67. The van der Waals surface area contributed by atoms with Gasteiger partial charge in [-0.15, -0.1) is 0 Å². The molecule has 2 aromatic rings. The summed E-state index contributed by atoms with van der Waals surface area (Å²) in [7, 11) is 0. The predicted molar refractivity (Wildman–Crippen MR) is 69.5 cm³/mol. The van der Waals surface area contributed by atoms with Crippen LogP contribution in [0.2, 0.25) is 5.02 Å². The van der Waals surface area contributed by atoms with Crippen molar-refractivity contribution in [1.29, 1.82) is 0 Å². The lowest BCUT2D eigenvalue weighted by Crippen LogP contribution is -2.36. The second-order valence-corrected chi connectivity index (χ2v) is 5.04. The van der Waals surface area contributed by atoms with Gasteiger partial charge in [-0.1, -0.05) is 18.0 Å². The maximum Gasteiger partial charge on any atom is 0.114 e. The van der Waals surface area contributed by atoms with Gasteiger partial charge in [0.1, 0.15) is 5.82 Å². The van der Waals surface area contributed by atoms with Crippen LogP contribution in [-0.4, -0.2) is 22.0 Å². The van der Waals surface area contributed by atoms with Crippen LogP contribution in [0.5, 0.6) is 0 Å². The molecule has 3 heterocycles. The Balaban J connectivity index is 1.87. The number of hydrogen-bond acceptors (Lipinski definition) is 2. The van der Waals surface area contributed by atoms with E-state index in [-0.39, 0.29) is 0 Å². The Morgan fingerprint density at radius 3 is 3.24 bits per heavy atom. The summed E-state index contributed by atoms with van der Waals surface area (Å²) < 4.78 is 2.10. The third-order valence-corrected chi connectivity index (χ3v) is 3.76. The topological polar surface area (TPSA) is 29.3 Å². The van der Waals surface area contributed by atoms with Gasteiger partial charge in [0.05, 0.1) is 16.7 Å². The first-order valence-corrected chi connectivity index (χ1v) is 6.56. The Kier molecular flexibility index (Phi) is 3.04. The molecular formula is C13H16ClN3. The quantitative estimate of drug-likeness (QED) is 0.887. The Morgan fingerprint density at radius 2 is 2.41 bits per heavy atom. The van der Waals surface area contributed by atoms with Crippen molar-refractivity contribution in [2.45, 2.75) is 31.7 Å². The van der Waals surface area contributed by atoms with Crippen molar-refractivity contribution in [3.8, 4) is 0 Å². The van der Waals surface area contributed by atoms with Crippen molar-refractivity contribution in [3.63, 3.8) is 0 Å². The molecule has 1 atom stereocenters. The van der Waals surface area contributed by atoms with Crippen molar-refractivity contribution in [3.05, 3.63) is 35.4 Å². The molecule has 1 saturated heterocycles. The molecule has 4 heteroatoms. The van der Waals surface area contributed by atoms with Crippen molar-refractivity contribution in [1.82, 2.24) is 14.7 Å². The zero-order chi connectivity index (χ0) is 11.7. The third-order valence-electron chi connectivity index (χ3n) is 3.44. The van der Waals surface area contributed by atoms with E-state index in [0.29, 0.717) is 6.04 Å². The van der Waals surface area contributed by atoms with Gasteiger partial charge in [-0.3, -0.25) is 0 Å². The molecule has 0 aromatic carbocycles. The number of rotatable bonds is 2. The Bertz CT molecular complexity index is 514. The van der Waals surface area contributed by atoms with Crippen molar-refractivity contribution < 1.29 is 0 Å². The standard InChI is InChI=1S/C13H16ClN3/c14-11-5-3-7-17-12(11)9-16-13(17)8-10-4-1-2-6-15-10/h3,5,7,9-10,15H,1-2,4,6,8H2. The van der Waals surface area contributed by atoms with Crippen LogP contribution in [0.4, 0.5) is 0 Å². The fraction of sp³-hybridized carbons (Fsp3) is 0.462. The number of halogens is 1. The minimum Gasteiger partial charge on any atom is -0.314 e. The fourth-order valence-corrected chi connectivity index (χ4v) is 2.72. The van der Waals surface area contributed by atoms with Gasteiger partial charge in [0, 0.05) is 18.7 Å². The normalized spacial score (nSPS) is 20.9. The molecule has 90 valence electrons. The molecular weight excluding hydrogens is 234 g/mol. The van der Waals surface area contributed by atoms with Gasteiger partial charge < -0.3 is 9.72 Å². The lowest BCUT2D eigenvalue weighted by molar-refractivity contribution is 0.394. The molecule has 3 rings (SSSR count). The van der Waals surface area contributed by atoms with E-state index in [1.165, 1.54) is 19.3 Å². The Hall–Kier alpha value is -1.06. The highest BCUT2D eigenvalue weighted by Crippen LogP contribution is 2.19. The van der Waals surface area contributed by atoms with Gasteiger partial charge in [-0.05, 0) is 31.5 Å². The van der Waals surface area contributed by atoms with Crippen molar-refractivity contribution in [2.24, 2.45) is 0 Å². The van der Waals surface area contributed by atoms with Crippen LogP contribution in [0.25, 0.3) is 5.52 Å². The summed E-state index contributed by atoms with van der Waals surface area (Å²) in [6.45, 7) is 1.13. The van der Waals surface area contributed by atoms with Crippen LogP contribution in [0.15, 0.2) is 24.5 Å². The number of nitrogens with one attached hydrogen (secondary N) is 1. The van der Waals surface area contributed by atoms with E-state index in [4.69, 9.17) is 11.6 Å².